The van der Waals surface area contributed by atoms with Crippen molar-refractivity contribution in [2.24, 2.45) is 0 Å². The molecule has 0 bridgehead atoms. The van der Waals surface area contributed by atoms with Crippen molar-refractivity contribution < 1.29 is 9.47 Å². The highest BCUT2D eigenvalue weighted by molar-refractivity contribution is 9.09. The van der Waals surface area contributed by atoms with Crippen LogP contribution in [0, 0.1) is 0 Å². The molecule has 2 aliphatic carbocycles. The molecule has 1 saturated carbocycles. The van der Waals surface area contributed by atoms with Crippen LogP contribution in [0.3, 0.4) is 0 Å². The fraction of sp³-hybridized carbons (Fsp3) is 0.571. The molecule has 0 spiro atoms. The third-order valence-electron chi connectivity index (χ3n) is 3.81. The first-order valence-corrected chi connectivity index (χ1v) is 7.15. The molecule has 0 amide bonds. The molecule has 3 atom stereocenters. The molecular weight excluding hydrogens is 280 g/mol. The van der Waals surface area contributed by atoms with Gasteiger partial charge >= 0.3 is 0 Å². The zero-order valence-electron chi connectivity index (χ0n) is 9.99. The predicted molar refractivity (Wildman–Crippen MR) is 71.0 cm³/mol. The van der Waals surface area contributed by atoms with Crippen LogP contribution in [0.1, 0.15) is 24.0 Å². The van der Waals surface area contributed by atoms with E-state index >= 15 is 0 Å². The molecule has 0 heterocycles. The summed E-state index contributed by atoms with van der Waals surface area (Å²) in [6, 6.07) is 6.51. The second-order valence-electron chi connectivity index (χ2n) is 4.89. The van der Waals surface area contributed by atoms with Crippen LogP contribution in [0.5, 0.6) is 5.75 Å². The van der Waals surface area contributed by atoms with E-state index in [9.17, 15) is 0 Å². The van der Waals surface area contributed by atoms with Gasteiger partial charge in [-0.25, -0.2) is 0 Å². The largest absolute Gasteiger partial charge is 0.488 e. The normalized spacial score (nSPS) is 30.8. The Labute approximate surface area is 110 Å². The average molecular weight is 297 g/mol. The van der Waals surface area contributed by atoms with Crippen molar-refractivity contribution in [2.75, 3.05) is 7.11 Å². The van der Waals surface area contributed by atoms with Gasteiger partial charge in [-0.2, -0.15) is 0 Å². The van der Waals surface area contributed by atoms with E-state index in [1.54, 1.807) is 7.11 Å². The van der Waals surface area contributed by atoms with E-state index in [2.05, 4.69) is 34.1 Å². The Morgan fingerprint density at radius 1 is 1.24 bits per heavy atom. The Bertz CT molecular complexity index is 419. The minimum absolute atomic E-state index is 0.184. The number of alkyl halides is 1. The van der Waals surface area contributed by atoms with Gasteiger partial charge in [0.15, 0.2) is 0 Å². The molecule has 0 aliphatic heterocycles. The summed E-state index contributed by atoms with van der Waals surface area (Å²) in [4.78, 5) is 0.437. The minimum Gasteiger partial charge on any atom is -0.488 e. The summed E-state index contributed by atoms with van der Waals surface area (Å²) in [5.74, 6) is 0.997. The predicted octanol–water partition coefficient (Wildman–Crippen LogP) is 3.10. The van der Waals surface area contributed by atoms with Gasteiger partial charge in [-0.05, 0) is 42.5 Å². The van der Waals surface area contributed by atoms with E-state index < -0.39 is 0 Å². The lowest BCUT2D eigenvalue weighted by atomic mass is 9.91. The third-order valence-corrected chi connectivity index (χ3v) is 4.70. The average Bonchev–Trinajstić information content (AvgIpc) is 2.76. The molecule has 2 nitrogen and oxygen atoms in total. The minimum atomic E-state index is 0.184. The molecule has 3 heteroatoms. The van der Waals surface area contributed by atoms with Gasteiger partial charge in [0.25, 0.3) is 0 Å². The fourth-order valence-corrected chi connectivity index (χ4v) is 3.66. The SMILES string of the molecule is COC1C(Br)CC1Oc1ccc2c(c1)CCC2. The van der Waals surface area contributed by atoms with Gasteiger partial charge in [0.1, 0.15) is 18.0 Å². The number of fused-ring (bicyclic) bond motifs is 1. The van der Waals surface area contributed by atoms with Gasteiger partial charge in [0, 0.05) is 18.4 Å². The third kappa shape index (κ3) is 2.11. The molecule has 17 heavy (non-hydrogen) atoms. The van der Waals surface area contributed by atoms with Crippen LogP contribution in [0.2, 0.25) is 0 Å². The smallest absolute Gasteiger partial charge is 0.127 e. The van der Waals surface area contributed by atoms with Crippen LogP contribution in [0.4, 0.5) is 0 Å². The van der Waals surface area contributed by atoms with E-state index in [1.165, 1.54) is 30.4 Å². The van der Waals surface area contributed by atoms with E-state index in [1.807, 2.05) is 0 Å². The van der Waals surface area contributed by atoms with E-state index in [0.29, 0.717) is 4.83 Å². The van der Waals surface area contributed by atoms with Gasteiger partial charge in [-0.1, -0.05) is 22.0 Å². The highest BCUT2D eigenvalue weighted by atomic mass is 79.9. The Morgan fingerprint density at radius 2 is 2.06 bits per heavy atom. The maximum Gasteiger partial charge on any atom is 0.127 e. The van der Waals surface area contributed by atoms with Crippen molar-refractivity contribution in [3.8, 4) is 5.75 Å². The second-order valence-corrected chi connectivity index (χ2v) is 6.07. The number of benzene rings is 1. The molecule has 0 saturated heterocycles. The van der Waals surface area contributed by atoms with Crippen molar-refractivity contribution in [2.45, 2.75) is 42.7 Å². The van der Waals surface area contributed by atoms with Crippen LogP contribution in [-0.2, 0) is 17.6 Å². The van der Waals surface area contributed by atoms with Gasteiger partial charge < -0.3 is 9.47 Å². The molecule has 1 fully saturated rings. The van der Waals surface area contributed by atoms with E-state index in [0.717, 1.165) is 12.2 Å². The molecule has 2 aliphatic rings. The summed E-state index contributed by atoms with van der Waals surface area (Å²) in [7, 11) is 1.75. The van der Waals surface area contributed by atoms with Crippen LogP contribution in [-0.4, -0.2) is 24.1 Å². The maximum absolute atomic E-state index is 5.99. The first-order valence-electron chi connectivity index (χ1n) is 6.23. The first-order chi connectivity index (χ1) is 8.28. The zero-order chi connectivity index (χ0) is 11.8. The number of methoxy groups -OCH3 is 1. The van der Waals surface area contributed by atoms with Crippen molar-refractivity contribution in [3.63, 3.8) is 0 Å². The first kappa shape index (κ1) is 11.5. The molecule has 3 rings (SSSR count). The topological polar surface area (TPSA) is 18.5 Å². The monoisotopic (exact) mass is 296 g/mol. The Morgan fingerprint density at radius 3 is 2.82 bits per heavy atom. The number of halogens is 1. The number of hydrogen-bond acceptors (Lipinski definition) is 2. The van der Waals surface area contributed by atoms with Crippen LogP contribution < -0.4 is 4.74 Å². The van der Waals surface area contributed by atoms with Crippen molar-refractivity contribution in [1.29, 1.82) is 0 Å². The zero-order valence-corrected chi connectivity index (χ0v) is 11.6. The fourth-order valence-electron chi connectivity index (χ4n) is 2.74. The Hall–Kier alpha value is -0.540. The summed E-state index contributed by atoms with van der Waals surface area (Å²) in [6.07, 6.45) is 5.11. The molecule has 92 valence electrons. The van der Waals surface area contributed by atoms with Crippen LogP contribution in [0.25, 0.3) is 0 Å². The molecule has 0 radical (unpaired) electrons. The summed E-state index contributed by atoms with van der Waals surface area (Å²) in [5.41, 5.74) is 2.96. The summed E-state index contributed by atoms with van der Waals surface area (Å²) < 4.78 is 11.4. The van der Waals surface area contributed by atoms with Crippen molar-refractivity contribution in [1.82, 2.24) is 0 Å². The summed E-state index contributed by atoms with van der Waals surface area (Å²) >= 11 is 3.59. The molecule has 1 aromatic carbocycles. The lowest BCUT2D eigenvalue weighted by molar-refractivity contribution is -0.0545. The van der Waals surface area contributed by atoms with E-state index in [4.69, 9.17) is 9.47 Å². The number of ether oxygens (including phenoxy) is 2. The molecule has 1 aromatic rings. The van der Waals surface area contributed by atoms with Gasteiger partial charge in [-0.15, -0.1) is 0 Å². The standard InChI is InChI=1S/C14H17BrO2/c1-16-14-12(15)8-13(14)17-11-6-5-9-3-2-4-10(9)7-11/h5-7,12-14H,2-4,8H2,1H3. The van der Waals surface area contributed by atoms with Crippen molar-refractivity contribution in [3.05, 3.63) is 29.3 Å². The number of hydrogen-bond donors (Lipinski definition) is 0. The Kier molecular flexibility index (Phi) is 3.14. The number of rotatable bonds is 3. The lowest BCUT2D eigenvalue weighted by Gasteiger charge is -2.40. The lowest BCUT2D eigenvalue weighted by Crippen LogP contribution is -2.51. The summed E-state index contributed by atoms with van der Waals surface area (Å²) in [6.45, 7) is 0. The Balaban J connectivity index is 1.69. The summed E-state index contributed by atoms with van der Waals surface area (Å²) in [5, 5.41) is 0. The molecular formula is C14H17BrO2. The van der Waals surface area contributed by atoms with Gasteiger partial charge in [0.05, 0.1) is 0 Å². The van der Waals surface area contributed by atoms with Gasteiger partial charge in [0.2, 0.25) is 0 Å². The maximum atomic E-state index is 5.99. The molecule has 0 aromatic heterocycles. The van der Waals surface area contributed by atoms with Crippen LogP contribution in [0.15, 0.2) is 18.2 Å². The highest BCUT2D eigenvalue weighted by Crippen LogP contribution is 2.35. The van der Waals surface area contributed by atoms with Gasteiger partial charge in [-0.3, -0.25) is 0 Å². The number of aryl methyl sites for hydroxylation is 2. The second kappa shape index (κ2) is 4.62. The molecule has 3 unspecified atom stereocenters. The molecule has 0 N–H and O–H groups in total. The highest BCUT2D eigenvalue weighted by Gasteiger charge is 2.41. The quantitative estimate of drug-likeness (QED) is 0.798. The van der Waals surface area contributed by atoms with E-state index in [-0.39, 0.29) is 12.2 Å². The van der Waals surface area contributed by atoms with Crippen molar-refractivity contribution >= 4 is 15.9 Å². The van der Waals surface area contributed by atoms with Crippen LogP contribution >= 0.6 is 15.9 Å².